The molecule has 11 heteroatoms. The van der Waals surface area contributed by atoms with Gasteiger partial charge in [0.1, 0.15) is 5.75 Å². The van der Waals surface area contributed by atoms with Crippen LogP contribution in [0.4, 0.5) is 18.0 Å². The number of rotatable bonds is 8. The SMILES string of the molecule is Cn1cnc(OC(=O)N(Cc2cccc(OC(F)(F)F)c2)CC2C3CN(Cc4ccc(Cl)cc4)CC32)c1. The van der Waals surface area contributed by atoms with Crippen LogP contribution in [-0.4, -0.2) is 51.4 Å². The fraction of sp³-hybridized carbons (Fsp3) is 0.385. The average Bonchev–Trinajstić information content (AvgIpc) is 3.12. The molecule has 1 amide bonds. The lowest BCUT2D eigenvalue weighted by Crippen LogP contribution is -2.36. The third-order valence-corrected chi connectivity index (χ3v) is 7.09. The van der Waals surface area contributed by atoms with Gasteiger partial charge in [0.25, 0.3) is 0 Å². The van der Waals surface area contributed by atoms with Crippen molar-refractivity contribution < 1.29 is 27.4 Å². The molecular formula is C26H26ClF3N4O3. The number of piperidine rings is 1. The van der Waals surface area contributed by atoms with E-state index < -0.39 is 12.5 Å². The average molecular weight is 535 g/mol. The molecule has 1 aromatic heterocycles. The van der Waals surface area contributed by atoms with E-state index in [-0.39, 0.29) is 18.2 Å². The smallest absolute Gasteiger partial charge is 0.406 e. The third kappa shape index (κ3) is 6.56. The molecule has 0 bridgehead atoms. The Kier molecular flexibility index (Phi) is 7.04. The van der Waals surface area contributed by atoms with Crippen LogP contribution in [0.1, 0.15) is 11.1 Å². The number of nitrogens with zero attached hydrogens (tertiary/aromatic N) is 4. The lowest BCUT2D eigenvalue weighted by molar-refractivity contribution is -0.274. The first-order valence-electron chi connectivity index (χ1n) is 11.9. The second-order valence-corrected chi connectivity index (χ2v) is 10.1. The topological polar surface area (TPSA) is 59.8 Å². The molecule has 2 unspecified atom stereocenters. The molecule has 196 valence electrons. The first-order chi connectivity index (χ1) is 17.6. The van der Waals surface area contributed by atoms with E-state index in [4.69, 9.17) is 16.3 Å². The minimum absolute atomic E-state index is 0.0884. The van der Waals surface area contributed by atoms with Crippen LogP contribution < -0.4 is 9.47 Å². The molecule has 3 aromatic rings. The quantitative estimate of drug-likeness (QED) is 0.390. The van der Waals surface area contributed by atoms with Crippen LogP contribution in [0.15, 0.2) is 61.1 Å². The number of alkyl halides is 3. The number of aromatic nitrogens is 2. The number of likely N-dealkylation sites (tertiary alicyclic amines) is 1. The Hall–Kier alpha value is -3.24. The van der Waals surface area contributed by atoms with Gasteiger partial charge in [0, 0.05) is 44.8 Å². The van der Waals surface area contributed by atoms with E-state index in [1.165, 1.54) is 35.0 Å². The summed E-state index contributed by atoms with van der Waals surface area (Å²) < 4.78 is 49.2. The molecule has 1 saturated carbocycles. The Morgan fingerprint density at radius 1 is 1.14 bits per heavy atom. The zero-order valence-corrected chi connectivity index (χ0v) is 20.8. The fourth-order valence-electron chi connectivity index (χ4n) is 5.10. The number of halogens is 4. The van der Waals surface area contributed by atoms with Crippen LogP contribution in [0, 0.1) is 17.8 Å². The van der Waals surface area contributed by atoms with Crippen molar-refractivity contribution >= 4 is 17.7 Å². The van der Waals surface area contributed by atoms with E-state index in [0.717, 1.165) is 19.6 Å². The summed E-state index contributed by atoms with van der Waals surface area (Å²) in [6.45, 7) is 3.23. The highest BCUT2D eigenvalue weighted by Gasteiger charge is 2.56. The van der Waals surface area contributed by atoms with E-state index in [1.54, 1.807) is 23.9 Å². The maximum absolute atomic E-state index is 13.1. The van der Waals surface area contributed by atoms with Crippen LogP contribution in [0.2, 0.25) is 5.02 Å². The molecule has 2 heterocycles. The van der Waals surface area contributed by atoms with Gasteiger partial charge in [0.15, 0.2) is 0 Å². The van der Waals surface area contributed by atoms with Gasteiger partial charge in [-0.15, -0.1) is 13.2 Å². The van der Waals surface area contributed by atoms with Crippen molar-refractivity contribution in [2.45, 2.75) is 19.5 Å². The number of imidazole rings is 1. The number of benzene rings is 2. The number of aryl methyl sites for hydroxylation is 1. The maximum atomic E-state index is 13.1. The standard InChI is InChI=1S/C26H26ClF3N4O3/c1-32-15-24(31-16-32)36-25(35)34(11-18-3-2-4-20(9-18)37-26(28,29)30)14-23-21-12-33(13-22(21)23)10-17-5-7-19(27)8-6-17/h2-9,15-16,21-23H,10-14H2,1H3. The summed E-state index contributed by atoms with van der Waals surface area (Å²) in [7, 11) is 1.76. The molecule has 1 aliphatic heterocycles. The lowest BCUT2D eigenvalue weighted by Gasteiger charge is -2.25. The zero-order valence-electron chi connectivity index (χ0n) is 20.1. The predicted octanol–water partition coefficient (Wildman–Crippen LogP) is 5.35. The molecule has 1 aliphatic carbocycles. The number of hydrogen-bond donors (Lipinski definition) is 0. The van der Waals surface area contributed by atoms with Crippen molar-refractivity contribution in [1.29, 1.82) is 0 Å². The first-order valence-corrected chi connectivity index (χ1v) is 12.3. The van der Waals surface area contributed by atoms with Crippen LogP contribution in [0.5, 0.6) is 11.6 Å². The third-order valence-electron chi connectivity index (χ3n) is 6.83. The normalized spacial score (nSPS) is 20.9. The van der Waals surface area contributed by atoms with Gasteiger partial charge in [-0.2, -0.15) is 0 Å². The Balaban J connectivity index is 1.23. The molecule has 2 atom stereocenters. The molecule has 1 saturated heterocycles. The van der Waals surface area contributed by atoms with Gasteiger partial charge in [-0.05, 0) is 53.1 Å². The van der Waals surface area contributed by atoms with Crippen molar-refractivity contribution in [3.05, 3.63) is 77.2 Å². The van der Waals surface area contributed by atoms with Gasteiger partial charge < -0.3 is 18.9 Å². The molecule has 7 nitrogen and oxygen atoms in total. The highest BCUT2D eigenvalue weighted by atomic mass is 35.5. The molecule has 0 N–H and O–H groups in total. The van der Waals surface area contributed by atoms with E-state index >= 15 is 0 Å². The van der Waals surface area contributed by atoms with Gasteiger partial charge in [0.2, 0.25) is 5.88 Å². The van der Waals surface area contributed by atoms with E-state index in [0.29, 0.717) is 34.9 Å². The first kappa shape index (κ1) is 25.4. The minimum Gasteiger partial charge on any atom is -0.406 e. The molecule has 2 fully saturated rings. The summed E-state index contributed by atoms with van der Waals surface area (Å²) in [5.74, 6) is 1.04. The Morgan fingerprint density at radius 3 is 2.51 bits per heavy atom. The van der Waals surface area contributed by atoms with Crippen molar-refractivity contribution in [2.75, 3.05) is 19.6 Å². The predicted molar refractivity (Wildman–Crippen MR) is 130 cm³/mol. The molecule has 2 aliphatic rings. The lowest BCUT2D eigenvalue weighted by atomic mass is 10.1. The number of carbonyl (C=O) groups is 1. The summed E-state index contributed by atoms with van der Waals surface area (Å²) in [4.78, 5) is 21.0. The summed E-state index contributed by atoms with van der Waals surface area (Å²) >= 11 is 5.98. The van der Waals surface area contributed by atoms with Crippen LogP contribution >= 0.6 is 11.6 Å². The van der Waals surface area contributed by atoms with Crippen molar-refractivity contribution in [2.24, 2.45) is 24.8 Å². The van der Waals surface area contributed by atoms with Crippen molar-refractivity contribution in [3.8, 4) is 11.6 Å². The minimum atomic E-state index is -4.79. The van der Waals surface area contributed by atoms with Crippen LogP contribution in [0.3, 0.4) is 0 Å². The molecule has 37 heavy (non-hydrogen) atoms. The Labute approximate surface area is 217 Å². The highest BCUT2D eigenvalue weighted by Crippen LogP contribution is 2.52. The molecular weight excluding hydrogens is 509 g/mol. The summed E-state index contributed by atoms with van der Waals surface area (Å²) in [5, 5.41) is 0.710. The van der Waals surface area contributed by atoms with Gasteiger partial charge in [0.05, 0.1) is 12.5 Å². The number of fused-ring (bicyclic) bond motifs is 1. The van der Waals surface area contributed by atoms with Gasteiger partial charge in [-0.3, -0.25) is 4.90 Å². The monoisotopic (exact) mass is 534 g/mol. The van der Waals surface area contributed by atoms with Crippen LogP contribution in [-0.2, 0) is 20.1 Å². The molecule has 0 radical (unpaired) electrons. The second kappa shape index (κ2) is 10.3. The number of amides is 1. The number of ether oxygens (including phenoxy) is 2. The zero-order chi connectivity index (χ0) is 26.2. The summed E-state index contributed by atoms with van der Waals surface area (Å²) in [6.07, 6.45) is -2.29. The van der Waals surface area contributed by atoms with E-state index in [1.807, 2.05) is 24.3 Å². The number of carbonyl (C=O) groups excluding carboxylic acids is 1. The second-order valence-electron chi connectivity index (χ2n) is 9.63. The summed E-state index contributed by atoms with van der Waals surface area (Å²) in [6, 6.07) is 13.5. The maximum Gasteiger partial charge on any atom is 0.573 e. The Bertz CT molecular complexity index is 1240. The van der Waals surface area contributed by atoms with E-state index in [2.05, 4.69) is 14.6 Å². The fourth-order valence-corrected chi connectivity index (χ4v) is 5.23. The van der Waals surface area contributed by atoms with Crippen molar-refractivity contribution in [3.63, 3.8) is 0 Å². The number of hydrogen-bond acceptors (Lipinski definition) is 5. The Morgan fingerprint density at radius 2 is 1.86 bits per heavy atom. The van der Waals surface area contributed by atoms with E-state index in [9.17, 15) is 18.0 Å². The molecule has 0 spiro atoms. The van der Waals surface area contributed by atoms with Crippen molar-refractivity contribution in [1.82, 2.24) is 19.4 Å². The summed E-state index contributed by atoms with van der Waals surface area (Å²) in [5.41, 5.74) is 1.71. The van der Waals surface area contributed by atoms with Crippen LogP contribution in [0.25, 0.3) is 0 Å². The van der Waals surface area contributed by atoms with Gasteiger partial charge >= 0.3 is 12.5 Å². The molecule has 5 rings (SSSR count). The molecule has 2 aromatic carbocycles. The van der Waals surface area contributed by atoms with Gasteiger partial charge in [-0.1, -0.05) is 35.9 Å². The highest BCUT2D eigenvalue weighted by molar-refractivity contribution is 6.30. The largest absolute Gasteiger partial charge is 0.573 e. The van der Waals surface area contributed by atoms with Gasteiger partial charge in [-0.25, -0.2) is 9.78 Å².